The van der Waals surface area contributed by atoms with Gasteiger partial charge < -0.3 is 9.47 Å². The van der Waals surface area contributed by atoms with Crippen LogP contribution >= 0.6 is 0 Å². The number of esters is 2. The van der Waals surface area contributed by atoms with E-state index in [-0.39, 0.29) is 47.1 Å². The van der Waals surface area contributed by atoms with Crippen LogP contribution in [0, 0.1) is 59.2 Å². The van der Waals surface area contributed by atoms with Crippen LogP contribution in [0.3, 0.4) is 0 Å². The van der Waals surface area contributed by atoms with E-state index >= 15 is 0 Å². The first-order chi connectivity index (χ1) is 13.5. The number of ketones is 2. The van der Waals surface area contributed by atoms with Crippen molar-refractivity contribution in [3.8, 4) is 0 Å². The molecule has 0 unspecified atom stereocenters. The molecule has 5 aliphatic carbocycles. The highest BCUT2D eigenvalue weighted by Crippen LogP contribution is 2.67. The normalized spacial score (nSPS) is 48.6. The molecule has 6 heteroatoms. The predicted molar refractivity (Wildman–Crippen MR) is 96.6 cm³/mol. The van der Waals surface area contributed by atoms with Crippen LogP contribution in [-0.2, 0) is 28.7 Å². The lowest BCUT2D eigenvalue weighted by Crippen LogP contribution is -2.53. The molecule has 6 nitrogen and oxygen atoms in total. The summed E-state index contributed by atoms with van der Waals surface area (Å²) in [6.45, 7) is 0. The minimum absolute atomic E-state index is 0.140. The van der Waals surface area contributed by atoms with Crippen LogP contribution in [-0.4, -0.2) is 37.7 Å². The Bertz CT molecular complexity index is 681. The van der Waals surface area contributed by atoms with Crippen molar-refractivity contribution < 1.29 is 28.7 Å². The molecule has 0 N–H and O–H groups in total. The Labute approximate surface area is 164 Å². The van der Waals surface area contributed by atoms with E-state index in [0.29, 0.717) is 24.7 Å². The summed E-state index contributed by atoms with van der Waals surface area (Å²) in [6, 6.07) is 0. The highest BCUT2D eigenvalue weighted by molar-refractivity contribution is 5.89. The molecule has 0 heterocycles. The largest absolute Gasteiger partial charge is 0.469 e. The smallest absolute Gasteiger partial charge is 0.309 e. The molecule has 28 heavy (non-hydrogen) atoms. The van der Waals surface area contributed by atoms with E-state index in [1.807, 2.05) is 0 Å². The van der Waals surface area contributed by atoms with Gasteiger partial charge in [-0.05, 0) is 61.2 Å². The molecule has 0 saturated heterocycles. The van der Waals surface area contributed by atoms with Crippen molar-refractivity contribution in [2.24, 2.45) is 59.2 Å². The standard InChI is InChI=1S/C22H28O6/c1-27-21(25)19-17-11(7-9-3-5-13(23)15(9)17)12-8-10-4-6-14(24)16(10)18(12)20(19)22(26)28-2/h9-12,15-20H,3-8H2,1-2H3/t9-,10-,11-,12-,15-,16+,17-,18+,19+,20+/m1/s1. The van der Waals surface area contributed by atoms with E-state index in [0.717, 1.165) is 25.7 Å². The van der Waals surface area contributed by atoms with Crippen LogP contribution in [0.1, 0.15) is 38.5 Å². The summed E-state index contributed by atoms with van der Waals surface area (Å²) in [5, 5.41) is 0. The predicted octanol–water partition coefficient (Wildman–Crippen LogP) is 2.04. The maximum atomic E-state index is 13.0. The summed E-state index contributed by atoms with van der Waals surface area (Å²) in [6.07, 6.45) is 4.81. The molecule has 5 aliphatic rings. The molecule has 5 saturated carbocycles. The summed E-state index contributed by atoms with van der Waals surface area (Å²) >= 11 is 0. The number of ether oxygens (including phenoxy) is 2. The zero-order chi connectivity index (χ0) is 19.7. The fraction of sp³-hybridized carbons (Fsp3) is 0.818. The zero-order valence-electron chi connectivity index (χ0n) is 16.5. The summed E-state index contributed by atoms with van der Waals surface area (Å²) < 4.78 is 10.3. The molecular formula is C22H28O6. The average Bonchev–Trinajstić information content (AvgIpc) is 3.42. The van der Waals surface area contributed by atoms with E-state index in [4.69, 9.17) is 9.47 Å². The van der Waals surface area contributed by atoms with Crippen LogP contribution in [0.2, 0.25) is 0 Å². The molecule has 0 aromatic heterocycles. The number of hydrogen-bond donors (Lipinski definition) is 0. The molecule has 5 fully saturated rings. The number of rotatable bonds is 2. The quantitative estimate of drug-likeness (QED) is 0.673. The fourth-order valence-corrected chi connectivity index (χ4v) is 8.26. The maximum absolute atomic E-state index is 13.0. The summed E-state index contributed by atoms with van der Waals surface area (Å²) in [5.74, 6) is -1.20. The minimum atomic E-state index is -0.673. The van der Waals surface area contributed by atoms with Gasteiger partial charge in [0.15, 0.2) is 0 Å². The van der Waals surface area contributed by atoms with Gasteiger partial charge >= 0.3 is 11.9 Å². The maximum Gasteiger partial charge on any atom is 0.309 e. The number of carbonyl (C=O) groups excluding carboxylic acids is 4. The third kappa shape index (κ3) is 2.26. The molecule has 0 radical (unpaired) electrons. The second-order valence-electron chi connectivity index (χ2n) is 9.63. The van der Waals surface area contributed by atoms with Crippen molar-refractivity contribution in [1.82, 2.24) is 0 Å². The van der Waals surface area contributed by atoms with Crippen LogP contribution in [0.15, 0.2) is 0 Å². The highest BCUT2D eigenvalue weighted by Gasteiger charge is 2.68. The van der Waals surface area contributed by atoms with Gasteiger partial charge in [-0.25, -0.2) is 0 Å². The lowest BCUT2D eigenvalue weighted by molar-refractivity contribution is -0.173. The topological polar surface area (TPSA) is 86.7 Å². The van der Waals surface area contributed by atoms with Crippen molar-refractivity contribution in [2.75, 3.05) is 14.2 Å². The molecule has 0 spiro atoms. The van der Waals surface area contributed by atoms with Crippen molar-refractivity contribution >= 4 is 23.5 Å². The monoisotopic (exact) mass is 388 g/mol. The molecular weight excluding hydrogens is 360 g/mol. The number of carbonyl (C=O) groups is 4. The van der Waals surface area contributed by atoms with Crippen LogP contribution < -0.4 is 0 Å². The Morgan fingerprint density at radius 2 is 1.14 bits per heavy atom. The third-order valence-electron chi connectivity index (χ3n) is 8.96. The van der Waals surface area contributed by atoms with Gasteiger partial charge in [-0.15, -0.1) is 0 Å². The Hall–Kier alpha value is -1.72. The van der Waals surface area contributed by atoms with E-state index < -0.39 is 23.8 Å². The van der Waals surface area contributed by atoms with Gasteiger partial charge in [0, 0.05) is 24.7 Å². The van der Waals surface area contributed by atoms with Crippen LogP contribution in [0.25, 0.3) is 0 Å². The molecule has 0 amide bonds. The average molecular weight is 388 g/mol. The molecule has 10 atom stereocenters. The van der Waals surface area contributed by atoms with Crippen LogP contribution in [0.5, 0.6) is 0 Å². The Kier molecular flexibility index (Phi) is 4.18. The van der Waals surface area contributed by atoms with Gasteiger partial charge in [-0.1, -0.05) is 0 Å². The van der Waals surface area contributed by atoms with E-state index in [1.165, 1.54) is 14.2 Å². The van der Waals surface area contributed by atoms with Gasteiger partial charge in [0.1, 0.15) is 11.6 Å². The van der Waals surface area contributed by atoms with Crippen molar-refractivity contribution in [3.63, 3.8) is 0 Å². The lowest BCUT2D eigenvalue weighted by atomic mass is 9.55. The lowest BCUT2D eigenvalue weighted by Gasteiger charge is -2.47. The Morgan fingerprint density at radius 3 is 1.50 bits per heavy atom. The Morgan fingerprint density at radius 1 is 0.750 bits per heavy atom. The minimum Gasteiger partial charge on any atom is -0.469 e. The van der Waals surface area contributed by atoms with Gasteiger partial charge in [0.2, 0.25) is 0 Å². The van der Waals surface area contributed by atoms with Gasteiger partial charge in [-0.2, -0.15) is 0 Å². The Balaban J connectivity index is 1.63. The summed E-state index contributed by atoms with van der Waals surface area (Å²) in [7, 11) is 2.69. The number of Topliss-reactive ketones (excluding diaryl/α,β-unsaturated/α-hetero) is 2. The second kappa shape index (κ2) is 6.39. The molecule has 0 aromatic carbocycles. The van der Waals surface area contributed by atoms with Crippen molar-refractivity contribution in [3.05, 3.63) is 0 Å². The molecule has 0 bridgehead atoms. The number of methoxy groups -OCH3 is 2. The molecule has 0 aromatic rings. The zero-order valence-corrected chi connectivity index (χ0v) is 16.5. The molecule has 152 valence electrons. The second-order valence-corrected chi connectivity index (χ2v) is 9.63. The third-order valence-corrected chi connectivity index (χ3v) is 8.96. The SMILES string of the molecule is COC(=O)[C@@H]1[C@@H](C(=O)OC)[C@@H]2[C@H](C[C@H]3CCC(=O)[C@@H]32)[C@H]2C[C@H]3CCC(=O)[C@H]3[C@H]21. The van der Waals surface area contributed by atoms with Gasteiger partial charge in [0.05, 0.1) is 26.1 Å². The first-order valence-corrected chi connectivity index (χ1v) is 10.7. The van der Waals surface area contributed by atoms with E-state index in [1.54, 1.807) is 0 Å². The van der Waals surface area contributed by atoms with E-state index in [2.05, 4.69) is 0 Å². The van der Waals surface area contributed by atoms with Gasteiger partial charge in [-0.3, -0.25) is 19.2 Å². The summed E-state index contributed by atoms with van der Waals surface area (Å²) in [4.78, 5) is 51.4. The van der Waals surface area contributed by atoms with Gasteiger partial charge in [0.25, 0.3) is 0 Å². The molecule has 5 rings (SSSR count). The summed E-state index contributed by atoms with van der Waals surface area (Å²) in [5.41, 5.74) is 0. The van der Waals surface area contributed by atoms with Crippen LogP contribution in [0.4, 0.5) is 0 Å². The van der Waals surface area contributed by atoms with Crippen molar-refractivity contribution in [1.29, 1.82) is 0 Å². The fourth-order valence-electron chi connectivity index (χ4n) is 8.26. The first kappa shape index (κ1) is 18.3. The van der Waals surface area contributed by atoms with Crippen molar-refractivity contribution in [2.45, 2.75) is 38.5 Å². The first-order valence-electron chi connectivity index (χ1n) is 10.7. The van der Waals surface area contributed by atoms with E-state index in [9.17, 15) is 19.2 Å². The highest BCUT2D eigenvalue weighted by atomic mass is 16.5. The number of fused-ring (bicyclic) bond motifs is 7. The number of hydrogen-bond acceptors (Lipinski definition) is 6. The molecule has 0 aliphatic heterocycles.